The lowest BCUT2D eigenvalue weighted by molar-refractivity contribution is -0.389. The van der Waals surface area contributed by atoms with Crippen LogP contribution in [0.25, 0.3) is 16.9 Å². The van der Waals surface area contributed by atoms with E-state index < -0.39 is 10.5 Å². The van der Waals surface area contributed by atoms with Gasteiger partial charge in [-0.25, -0.2) is 4.68 Å². The summed E-state index contributed by atoms with van der Waals surface area (Å²) in [5.41, 5.74) is 3.10. The maximum atomic E-state index is 10.9. The molecule has 0 spiro atoms. The van der Waals surface area contributed by atoms with E-state index in [0.717, 1.165) is 16.9 Å². The molecule has 1 aliphatic heterocycles. The Morgan fingerprint density at radius 3 is 2.78 bits per heavy atom. The molecule has 0 bridgehead atoms. The van der Waals surface area contributed by atoms with Crippen molar-refractivity contribution in [1.29, 1.82) is 0 Å². The summed E-state index contributed by atoms with van der Waals surface area (Å²) in [6, 6.07) is 15.9. The van der Waals surface area contributed by atoms with Gasteiger partial charge in [0.15, 0.2) is 5.60 Å². The third kappa shape index (κ3) is 3.78. The van der Waals surface area contributed by atoms with E-state index in [2.05, 4.69) is 15.3 Å². The van der Waals surface area contributed by atoms with Crippen LogP contribution in [0.2, 0.25) is 0 Å². The van der Waals surface area contributed by atoms with Gasteiger partial charge in [-0.3, -0.25) is 4.57 Å². The number of imidazole rings is 1. The number of hydrogen-bond acceptors (Lipinski definition) is 7. The van der Waals surface area contributed by atoms with E-state index in [-0.39, 0.29) is 18.4 Å². The molecule has 0 saturated heterocycles. The Morgan fingerprint density at radius 1 is 1.22 bits per heavy atom. The fourth-order valence-electron chi connectivity index (χ4n) is 3.55. The normalized spacial score (nSPS) is 17.1. The maximum absolute atomic E-state index is 10.9. The van der Waals surface area contributed by atoms with Crippen molar-refractivity contribution in [2.45, 2.75) is 26.0 Å². The first kappa shape index (κ1) is 19.7. The summed E-state index contributed by atoms with van der Waals surface area (Å²) in [7, 11) is 0. The molecule has 0 aliphatic carbocycles. The van der Waals surface area contributed by atoms with E-state index in [1.807, 2.05) is 68.6 Å². The highest BCUT2D eigenvalue weighted by molar-refractivity contribution is 5.58. The number of ether oxygens (including phenoxy) is 2. The molecule has 0 amide bonds. The standard InChI is InChI=1S/C22H20N6O4/c1-15-6-8-16(9-7-15)19-11-27(25-24-19)17-4-3-5-18(10-17)31-14-22(2)13-26-12-20(28(29)30)23-21(26)32-22/h3-12H,13-14H2,1-2H3/t22-/m1/s1. The number of nitrogens with zero attached hydrogens (tertiary/aromatic N) is 6. The van der Waals surface area contributed by atoms with E-state index in [0.29, 0.717) is 12.3 Å². The predicted octanol–water partition coefficient (Wildman–Crippen LogP) is 3.58. The van der Waals surface area contributed by atoms with Gasteiger partial charge in [0.1, 0.15) is 24.2 Å². The first-order valence-corrected chi connectivity index (χ1v) is 10.0. The first-order chi connectivity index (χ1) is 15.4. The predicted molar refractivity (Wildman–Crippen MR) is 115 cm³/mol. The van der Waals surface area contributed by atoms with E-state index in [1.54, 1.807) is 9.25 Å². The second kappa shape index (κ2) is 7.49. The molecule has 2 aromatic carbocycles. The van der Waals surface area contributed by atoms with Crippen molar-refractivity contribution in [2.75, 3.05) is 6.61 Å². The Kier molecular flexibility index (Phi) is 4.62. The monoisotopic (exact) mass is 432 g/mol. The average molecular weight is 432 g/mol. The van der Waals surface area contributed by atoms with E-state index >= 15 is 0 Å². The number of fused-ring (bicyclic) bond motifs is 1. The Morgan fingerprint density at radius 2 is 2.03 bits per heavy atom. The van der Waals surface area contributed by atoms with Crippen LogP contribution in [0.3, 0.4) is 0 Å². The molecule has 1 atom stereocenters. The summed E-state index contributed by atoms with van der Waals surface area (Å²) in [5.74, 6) is 0.420. The molecule has 0 saturated carbocycles. The molecule has 10 nitrogen and oxygen atoms in total. The lowest BCUT2D eigenvalue weighted by Crippen LogP contribution is -2.38. The van der Waals surface area contributed by atoms with Gasteiger partial charge in [-0.15, -0.1) is 5.10 Å². The van der Waals surface area contributed by atoms with Crippen molar-refractivity contribution in [1.82, 2.24) is 24.5 Å². The van der Waals surface area contributed by atoms with Crippen LogP contribution in [0.5, 0.6) is 11.8 Å². The van der Waals surface area contributed by atoms with Crippen LogP contribution in [-0.2, 0) is 6.54 Å². The molecule has 3 heterocycles. The second-order valence-corrected chi connectivity index (χ2v) is 8.02. The third-order valence-electron chi connectivity index (χ3n) is 5.22. The number of rotatable bonds is 6. The molecule has 10 heteroatoms. The number of nitro groups is 1. The van der Waals surface area contributed by atoms with Gasteiger partial charge in [-0.05, 0) is 30.9 Å². The summed E-state index contributed by atoms with van der Waals surface area (Å²) in [4.78, 5) is 14.2. The highest BCUT2D eigenvalue weighted by atomic mass is 16.6. The summed E-state index contributed by atoms with van der Waals surface area (Å²) < 4.78 is 15.1. The van der Waals surface area contributed by atoms with Crippen LogP contribution in [-0.4, -0.2) is 41.7 Å². The highest BCUT2D eigenvalue weighted by Gasteiger charge is 2.41. The van der Waals surface area contributed by atoms with Crippen LogP contribution >= 0.6 is 0 Å². The van der Waals surface area contributed by atoms with Crippen molar-refractivity contribution in [3.63, 3.8) is 0 Å². The molecular weight excluding hydrogens is 412 g/mol. The van der Waals surface area contributed by atoms with Gasteiger partial charge in [0.25, 0.3) is 0 Å². The lowest BCUT2D eigenvalue weighted by Gasteiger charge is -2.22. The van der Waals surface area contributed by atoms with Gasteiger partial charge in [-0.2, -0.15) is 0 Å². The molecule has 32 heavy (non-hydrogen) atoms. The molecule has 0 radical (unpaired) electrons. The van der Waals surface area contributed by atoms with Gasteiger partial charge in [0.2, 0.25) is 0 Å². The van der Waals surface area contributed by atoms with Gasteiger partial charge < -0.3 is 19.6 Å². The molecule has 5 rings (SSSR count). The fourth-order valence-corrected chi connectivity index (χ4v) is 3.55. The van der Waals surface area contributed by atoms with Gasteiger partial charge >= 0.3 is 11.8 Å². The number of benzene rings is 2. The van der Waals surface area contributed by atoms with Gasteiger partial charge in [0, 0.05) is 16.6 Å². The molecule has 4 aromatic rings. The Balaban J connectivity index is 1.27. The first-order valence-electron chi connectivity index (χ1n) is 10.0. The van der Waals surface area contributed by atoms with Crippen molar-refractivity contribution in [3.8, 4) is 28.7 Å². The molecule has 162 valence electrons. The maximum Gasteiger partial charge on any atom is 0.415 e. The van der Waals surface area contributed by atoms with Crippen molar-refractivity contribution in [3.05, 3.63) is 76.6 Å². The molecule has 1 aliphatic rings. The molecule has 2 aromatic heterocycles. The zero-order valence-electron chi connectivity index (χ0n) is 17.5. The Bertz CT molecular complexity index is 1270. The summed E-state index contributed by atoms with van der Waals surface area (Å²) in [6.07, 6.45) is 3.24. The summed E-state index contributed by atoms with van der Waals surface area (Å²) >= 11 is 0. The minimum absolute atomic E-state index is 0.225. The van der Waals surface area contributed by atoms with E-state index in [1.165, 1.54) is 11.8 Å². The average Bonchev–Trinajstić information content (AvgIpc) is 3.47. The number of aromatic nitrogens is 5. The van der Waals surface area contributed by atoms with Crippen LogP contribution in [0.15, 0.2) is 60.9 Å². The Labute approximate surface area is 183 Å². The van der Waals surface area contributed by atoms with Crippen LogP contribution in [0.1, 0.15) is 12.5 Å². The topological polar surface area (TPSA) is 110 Å². The Hall–Kier alpha value is -4.21. The number of aryl methyl sites for hydroxylation is 1. The largest absolute Gasteiger partial charge is 0.489 e. The quantitative estimate of drug-likeness (QED) is 0.338. The highest BCUT2D eigenvalue weighted by Crippen LogP contribution is 2.31. The molecular formula is C22H20N6O4. The fraction of sp³-hybridized carbons (Fsp3) is 0.227. The minimum Gasteiger partial charge on any atom is -0.489 e. The van der Waals surface area contributed by atoms with E-state index in [4.69, 9.17) is 9.47 Å². The zero-order chi connectivity index (χ0) is 22.3. The third-order valence-corrected chi connectivity index (χ3v) is 5.22. The summed E-state index contributed by atoms with van der Waals surface area (Å²) in [5, 5.41) is 19.4. The summed E-state index contributed by atoms with van der Waals surface area (Å²) in [6.45, 7) is 4.58. The SMILES string of the molecule is Cc1ccc(-c2cn(-c3cccc(OC[C@@]4(C)Cn5cc([N+](=O)[O-])nc5O4)c3)nn2)cc1. The molecule has 0 unspecified atom stereocenters. The van der Waals surface area contributed by atoms with E-state index in [9.17, 15) is 10.1 Å². The lowest BCUT2D eigenvalue weighted by atomic mass is 10.1. The van der Waals surface area contributed by atoms with Crippen molar-refractivity contribution in [2.24, 2.45) is 0 Å². The van der Waals surface area contributed by atoms with Crippen molar-refractivity contribution >= 4 is 5.82 Å². The van der Waals surface area contributed by atoms with Crippen LogP contribution in [0, 0.1) is 17.0 Å². The van der Waals surface area contributed by atoms with Crippen LogP contribution in [0.4, 0.5) is 5.82 Å². The molecule has 0 N–H and O–H groups in total. The van der Waals surface area contributed by atoms with Gasteiger partial charge in [-0.1, -0.05) is 41.1 Å². The van der Waals surface area contributed by atoms with Crippen molar-refractivity contribution < 1.29 is 14.4 Å². The van der Waals surface area contributed by atoms with Gasteiger partial charge in [0.05, 0.1) is 18.4 Å². The van der Waals surface area contributed by atoms with Crippen LogP contribution < -0.4 is 9.47 Å². The molecule has 0 fully saturated rings. The smallest absolute Gasteiger partial charge is 0.415 e. The number of hydrogen-bond donors (Lipinski definition) is 0. The second-order valence-electron chi connectivity index (χ2n) is 8.02. The minimum atomic E-state index is -0.681. The zero-order valence-corrected chi connectivity index (χ0v) is 17.5.